The summed E-state index contributed by atoms with van der Waals surface area (Å²) in [6.07, 6.45) is 0.949. The minimum absolute atomic E-state index is 0. The fourth-order valence-corrected chi connectivity index (χ4v) is 3.26. The predicted molar refractivity (Wildman–Crippen MR) is 100 cm³/mol. The Morgan fingerprint density at radius 1 is 1.12 bits per heavy atom. The maximum atomic E-state index is 13.7. The lowest BCUT2D eigenvalue weighted by molar-refractivity contribution is -0.139. The molecule has 8 heteroatoms. The summed E-state index contributed by atoms with van der Waals surface area (Å²) in [5, 5.41) is 3.31. The molecule has 2 heterocycles. The van der Waals surface area contributed by atoms with Gasteiger partial charge in [-0.05, 0) is 30.7 Å². The van der Waals surface area contributed by atoms with Gasteiger partial charge in [-0.25, -0.2) is 4.39 Å². The lowest BCUT2D eigenvalue weighted by atomic mass is 10.0. The van der Waals surface area contributed by atoms with Gasteiger partial charge in [-0.3, -0.25) is 9.69 Å². The van der Waals surface area contributed by atoms with Crippen molar-refractivity contribution < 1.29 is 13.9 Å². The molecular weight excluding hydrogens is 368 g/mol. The van der Waals surface area contributed by atoms with Crippen molar-refractivity contribution in [1.82, 2.24) is 15.1 Å². The van der Waals surface area contributed by atoms with Crippen LogP contribution in [-0.2, 0) is 9.53 Å². The van der Waals surface area contributed by atoms with Crippen molar-refractivity contribution in [1.29, 1.82) is 0 Å². The summed E-state index contributed by atoms with van der Waals surface area (Å²) in [6, 6.07) is 5.99. The van der Waals surface area contributed by atoms with Gasteiger partial charge in [-0.1, -0.05) is 12.1 Å². The zero-order valence-corrected chi connectivity index (χ0v) is 15.8. The number of morpholine rings is 1. The topological polar surface area (TPSA) is 44.8 Å². The first-order chi connectivity index (χ1) is 11.3. The number of rotatable bonds is 3. The van der Waals surface area contributed by atoms with Crippen LogP contribution in [0, 0.1) is 5.82 Å². The van der Waals surface area contributed by atoms with E-state index in [4.69, 9.17) is 4.74 Å². The van der Waals surface area contributed by atoms with Gasteiger partial charge in [-0.2, -0.15) is 0 Å². The maximum Gasteiger partial charge on any atom is 0.244 e. The first-order valence-electron chi connectivity index (χ1n) is 8.32. The van der Waals surface area contributed by atoms with Gasteiger partial charge in [0.05, 0.1) is 13.2 Å². The molecule has 2 aliphatic rings. The molecule has 1 aromatic rings. The molecule has 2 fully saturated rings. The van der Waals surface area contributed by atoms with Crippen LogP contribution in [0.15, 0.2) is 24.3 Å². The van der Waals surface area contributed by atoms with Gasteiger partial charge in [0.15, 0.2) is 0 Å². The molecular formula is C17H26Cl2FN3O2. The highest BCUT2D eigenvalue weighted by atomic mass is 35.5. The molecule has 0 aromatic heterocycles. The lowest BCUT2D eigenvalue weighted by Gasteiger charge is -2.36. The minimum atomic E-state index is -0.423. The van der Waals surface area contributed by atoms with E-state index < -0.39 is 6.04 Å². The van der Waals surface area contributed by atoms with Crippen LogP contribution >= 0.6 is 24.8 Å². The summed E-state index contributed by atoms with van der Waals surface area (Å²) in [4.78, 5) is 17.2. The Kier molecular flexibility index (Phi) is 9.67. The molecule has 1 N–H and O–H groups in total. The predicted octanol–water partition coefficient (Wildman–Crippen LogP) is 1.86. The highest BCUT2D eigenvalue weighted by Gasteiger charge is 2.32. The van der Waals surface area contributed by atoms with Crippen LogP contribution in [0.1, 0.15) is 18.0 Å². The molecule has 3 rings (SSSR count). The average Bonchev–Trinajstić information content (AvgIpc) is 2.85. The quantitative estimate of drug-likeness (QED) is 0.850. The number of nitrogens with zero attached hydrogens (tertiary/aromatic N) is 2. The van der Waals surface area contributed by atoms with Gasteiger partial charge >= 0.3 is 0 Å². The molecule has 1 atom stereocenters. The number of ether oxygens (including phenoxy) is 1. The summed E-state index contributed by atoms with van der Waals surface area (Å²) < 4.78 is 19.1. The number of nitrogens with one attached hydrogen (secondary N) is 1. The Bertz CT molecular complexity index is 536. The van der Waals surface area contributed by atoms with Gasteiger partial charge in [-0.15, -0.1) is 24.8 Å². The van der Waals surface area contributed by atoms with Crippen LogP contribution in [0.5, 0.6) is 0 Å². The largest absolute Gasteiger partial charge is 0.379 e. The Balaban J connectivity index is 0.00000156. The van der Waals surface area contributed by atoms with E-state index in [0.29, 0.717) is 32.8 Å². The van der Waals surface area contributed by atoms with Gasteiger partial charge in [0.1, 0.15) is 11.9 Å². The highest BCUT2D eigenvalue weighted by Crippen LogP contribution is 2.25. The van der Waals surface area contributed by atoms with Gasteiger partial charge in [0, 0.05) is 32.7 Å². The first-order valence-corrected chi connectivity index (χ1v) is 8.32. The van der Waals surface area contributed by atoms with Crippen molar-refractivity contribution in [3.05, 3.63) is 35.6 Å². The second-order valence-corrected chi connectivity index (χ2v) is 6.03. The Hall–Kier alpha value is -0.920. The molecule has 2 saturated heterocycles. The zero-order chi connectivity index (χ0) is 16.1. The van der Waals surface area contributed by atoms with Crippen molar-refractivity contribution >= 4 is 30.7 Å². The number of amides is 1. The van der Waals surface area contributed by atoms with Crippen molar-refractivity contribution in [3.8, 4) is 0 Å². The summed E-state index contributed by atoms with van der Waals surface area (Å²) in [5.41, 5.74) is 0.731. The molecule has 1 amide bonds. The minimum Gasteiger partial charge on any atom is -0.379 e. The van der Waals surface area contributed by atoms with Crippen molar-refractivity contribution in [2.75, 3.05) is 52.5 Å². The Morgan fingerprint density at radius 2 is 1.88 bits per heavy atom. The first kappa shape index (κ1) is 22.1. The van der Waals surface area contributed by atoms with Crippen molar-refractivity contribution in [3.63, 3.8) is 0 Å². The third-order valence-electron chi connectivity index (χ3n) is 4.46. The van der Waals surface area contributed by atoms with Crippen LogP contribution in [0.25, 0.3) is 0 Å². The van der Waals surface area contributed by atoms with Crippen LogP contribution in [0.4, 0.5) is 4.39 Å². The molecule has 0 bridgehead atoms. The molecule has 0 spiro atoms. The molecule has 5 nitrogen and oxygen atoms in total. The van der Waals surface area contributed by atoms with Crippen LogP contribution in [0.2, 0.25) is 0 Å². The Morgan fingerprint density at radius 3 is 2.60 bits per heavy atom. The number of hydrogen-bond acceptors (Lipinski definition) is 4. The second kappa shape index (κ2) is 10.9. The third kappa shape index (κ3) is 5.79. The van der Waals surface area contributed by atoms with Crippen molar-refractivity contribution in [2.45, 2.75) is 12.5 Å². The summed E-state index contributed by atoms with van der Waals surface area (Å²) in [6.45, 7) is 5.81. The highest BCUT2D eigenvalue weighted by molar-refractivity contribution is 5.85. The van der Waals surface area contributed by atoms with E-state index in [-0.39, 0.29) is 36.5 Å². The van der Waals surface area contributed by atoms with E-state index in [0.717, 1.165) is 31.6 Å². The Labute approximate surface area is 160 Å². The number of hydrogen-bond donors (Lipinski definition) is 1. The van der Waals surface area contributed by atoms with E-state index in [9.17, 15) is 9.18 Å². The number of halogens is 3. The fraction of sp³-hybridized carbons (Fsp3) is 0.588. The zero-order valence-electron chi connectivity index (χ0n) is 14.2. The lowest BCUT2D eigenvalue weighted by Crippen LogP contribution is -2.48. The van der Waals surface area contributed by atoms with E-state index >= 15 is 0 Å². The van der Waals surface area contributed by atoms with E-state index in [1.54, 1.807) is 6.07 Å². The van der Waals surface area contributed by atoms with Crippen LogP contribution in [0.3, 0.4) is 0 Å². The smallest absolute Gasteiger partial charge is 0.244 e. The van der Waals surface area contributed by atoms with E-state index in [1.165, 1.54) is 12.1 Å². The number of carbonyl (C=O) groups excluding carboxylic acids is 1. The summed E-state index contributed by atoms with van der Waals surface area (Å²) in [5.74, 6) is -0.229. The number of benzene rings is 1. The number of carbonyl (C=O) groups is 1. The molecule has 0 aliphatic carbocycles. The SMILES string of the molecule is Cl.Cl.O=C(C(c1cccc(F)c1)N1CCOCC1)N1CCCNCC1. The molecule has 0 saturated carbocycles. The monoisotopic (exact) mass is 393 g/mol. The molecule has 0 radical (unpaired) electrons. The molecule has 1 unspecified atom stereocenters. The summed E-state index contributed by atoms with van der Waals surface area (Å²) in [7, 11) is 0. The van der Waals surface area contributed by atoms with Crippen molar-refractivity contribution in [2.24, 2.45) is 0 Å². The second-order valence-electron chi connectivity index (χ2n) is 6.03. The average molecular weight is 394 g/mol. The maximum absolute atomic E-state index is 13.7. The fourth-order valence-electron chi connectivity index (χ4n) is 3.26. The molecule has 142 valence electrons. The molecule has 25 heavy (non-hydrogen) atoms. The van der Waals surface area contributed by atoms with Gasteiger partial charge < -0.3 is 15.0 Å². The van der Waals surface area contributed by atoms with Crippen LogP contribution in [-0.4, -0.2) is 68.2 Å². The molecule has 2 aliphatic heterocycles. The molecule has 1 aromatic carbocycles. The van der Waals surface area contributed by atoms with Crippen LogP contribution < -0.4 is 5.32 Å². The third-order valence-corrected chi connectivity index (χ3v) is 4.46. The summed E-state index contributed by atoms with van der Waals surface area (Å²) >= 11 is 0. The standard InChI is InChI=1S/C17H24FN3O2.2ClH/c18-15-4-1-3-14(13-15)16(20-9-11-23-12-10-20)17(22)21-7-2-5-19-6-8-21;;/h1,3-4,13,16,19H,2,5-12H2;2*1H. The van der Waals surface area contributed by atoms with Gasteiger partial charge in [0.25, 0.3) is 0 Å². The van der Waals surface area contributed by atoms with Gasteiger partial charge in [0.2, 0.25) is 5.91 Å². The normalized spacial score (nSPS) is 20.0. The van der Waals surface area contributed by atoms with E-state index in [2.05, 4.69) is 10.2 Å². The van der Waals surface area contributed by atoms with E-state index in [1.807, 2.05) is 11.0 Å².